The molecule has 2 bridgehead atoms. The van der Waals surface area contributed by atoms with Gasteiger partial charge in [-0.15, -0.1) is 0 Å². The fourth-order valence-electron chi connectivity index (χ4n) is 7.55. The maximum absolute atomic E-state index is 13.8. The fourth-order valence-corrected chi connectivity index (χ4v) is 7.55. The van der Waals surface area contributed by atoms with Gasteiger partial charge in [0.25, 0.3) is 5.91 Å². The summed E-state index contributed by atoms with van der Waals surface area (Å²) in [6, 6.07) is 12.6. The number of carbonyl (C=O) groups excluding carboxylic acids is 1. The molecule has 1 amide bonds. The van der Waals surface area contributed by atoms with E-state index < -0.39 is 0 Å². The van der Waals surface area contributed by atoms with E-state index in [1.807, 2.05) is 38.4 Å². The Morgan fingerprint density at radius 2 is 1.91 bits per heavy atom. The number of ether oxygens (including phenoxy) is 1. The van der Waals surface area contributed by atoms with Gasteiger partial charge in [0.1, 0.15) is 22.7 Å². The number of piperidine rings is 1. The van der Waals surface area contributed by atoms with Crippen LogP contribution in [0, 0.1) is 31.6 Å². The Labute approximate surface area is 257 Å². The van der Waals surface area contributed by atoms with Crippen molar-refractivity contribution in [1.29, 1.82) is 0 Å². The van der Waals surface area contributed by atoms with Gasteiger partial charge in [-0.2, -0.15) is 0 Å². The highest BCUT2D eigenvalue weighted by Gasteiger charge is 2.46. The number of carbonyl (C=O) groups is 1. The molecule has 3 atom stereocenters. The molecule has 1 N–H and O–H groups in total. The average Bonchev–Trinajstić information content (AvgIpc) is 3.43. The number of imidazole rings is 1. The maximum Gasteiger partial charge on any atom is 0.254 e. The minimum absolute atomic E-state index is 0.0863. The number of likely N-dealkylation sites (tertiary alicyclic amines) is 1. The van der Waals surface area contributed by atoms with Gasteiger partial charge in [-0.05, 0) is 99.2 Å². The van der Waals surface area contributed by atoms with E-state index in [0.717, 1.165) is 75.9 Å². The molecule has 2 saturated carbocycles. The Bertz CT molecular complexity index is 1950. The van der Waals surface area contributed by atoms with Crippen molar-refractivity contribution >= 4 is 39.5 Å². The molecule has 0 spiro atoms. The quantitative estimate of drug-likeness (QED) is 0.229. The van der Waals surface area contributed by atoms with Gasteiger partial charge in [-0.3, -0.25) is 9.78 Å². The largest absolute Gasteiger partial charge is 0.494 e. The van der Waals surface area contributed by atoms with Gasteiger partial charge in [0.15, 0.2) is 5.82 Å². The number of rotatable bonds is 7. The Morgan fingerprint density at radius 3 is 2.64 bits per heavy atom. The highest BCUT2D eigenvalue weighted by Crippen LogP contribution is 2.44. The molecule has 1 aliphatic heterocycles. The average molecular weight is 590 g/mol. The molecule has 3 aliphatic rings. The number of anilines is 2. The molecule has 8 rings (SSSR count). The number of benzene rings is 1. The predicted octanol–water partition coefficient (Wildman–Crippen LogP) is 6.63. The van der Waals surface area contributed by atoms with Gasteiger partial charge >= 0.3 is 0 Å². The highest BCUT2D eigenvalue weighted by molar-refractivity contribution is 6.00. The Balaban J connectivity index is 1.21. The second-order valence-corrected chi connectivity index (χ2v) is 13.2. The summed E-state index contributed by atoms with van der Waals surface area (Å²) in [7, 11) is 3.70. The molecule has 2 aliphatic carbocycles. The Morgan fingerprint density at radius 1 is 1.07 bits per heavy atom. The zero-order valence-corrected chi connectivity index (χ0v) is 26.1. The first-order valence-electron chi connectivity index (χ1n) is 15.9. The minimum Gasteiger partial charge on any atom is -0.494 e. The molecule has 5 aromatic rings. The lowest BCUT2D eigenvalue weighted by atomic mass is 10.0. The summed E-state index contributed by atoms with van der Waals surface area (Å²) >= 11 is 0. The molecule has 3 fully saturated rings. The molecule has 9 nitrogen and oxygen atoms in total. The fraction of sp³-hybridized carbons (Fsp3) is 0.429. The third-order valence-corrected chi connectivity index (χ3v) is 10.3. The van der Waals surface area contributed by atoms with Crippen molar-refractivity contribution in [2.45, 2.75) is 59.0 Å². The SMILES string of the molecule is COc1cc(C(=O)N2CC3CCC2C3C)cc2nc(-c3cc4ccc(Nc5cc(C)ncc5C)nc4n3CC3CC3)n(C)c12. The van der Waals surface area contributed by atoms with Crippen LogP contribution in [-0.2, 0) is 13.6 Å². The molecule has 226 valence electrons. The summed E-state index contributed by atoms with van der Waals surface area (Å²) in [5.41, 5.74) is 7.31. The first-order valence-corrected chi connectivity index (χ1v) is 15.9. The minimum atomic E-state index is 0.0863. The van der Waals surface area contributed by atoms with E-state index in [0.29, 0.717) is 35.1 Å². The number of hydrogen-bond acceptors (Lipinski definition) is 6. The van der Waals surface area contributed by atoms with Crippen LogP contribution < -0.4 is 10.1 Å². The summed E-state index contributed by atoms with van der Waals surface area (Å²) in [6.45, 7) is 8.08. The van der Waals surface area contributed by atoms with Crippen LogP contribution in [0.5, 0.6) is 5.75 Å². The molecule has 1 saturated heterocycles. The number of aryl methyl sites for hydroxylation is 3. The molecular formula is C35H39N7O2. The van der Waals surface area contributed by atoms with Crippen molar-refractivity contribution in [3.63, 3.8) is 0 Å². The number of methoxy groups -OCH3 is 1. The predicted molar refractivity (Wildman–Crippen MR) is 172 cm³/mol. The van der Waals surface area contributed by atoms with Crippen molar-refractivity contribution in [3.8, 4) is 17.3 Å². The topological polar surface area (TPSA) is 90.1 Å². The van der Waals surface area contributed by atoms with Crippen LogP contribution in [0.2, 0.25) is 0 Å². The molecule has 1 aromatic carbocycles. The van der Waals surface area contributed by atoms with Crippen LogP contribution in [0.4, 0.5) is 11.5 Å². The van der Waals surface area contributed by atoms with E-state index in [4.69, 9.17) is 14.7 Å². The van der Waals surface area contributed by atoms with Crippen molar-refractivity contribution < 1.29 is 9.53 Å². The van der Waals surface area contributed by atoms with Crippen molar-refractivity contribution in [2.24, 2.45) is 24.8 Å². The van der Waals surface area contributed by atoms with Crippen molar-refractivity contribution in [3.05, 3.63) is 59.4 Å². The van der Waals surface area contributed by atoms with E-state index in [1.165, 1.54) is 19.3 Å². The number of hydrogen-bond donors (Lipinski definition) is 1. The van der Waals surface area contributed by atoms with E-state index >= 15 is 0 Å². The van der Waals surface area contributed by atoms with Gasteiger partial charge < -0.3 is 24.1 Å². The van der Waals surface area contributed by atoms with Crippen LogP contribution in [0.25, 0.3) is 33.6 Å². The van der Waals surface area contributed by atoms with Gasteiger partial charge in [0.05, 0.1) is 18.3 Å². The highest BCUT2D eigenvalue weighted by atomic mass is 16.5. The van der Waals surface area contributed by atoms with Gasteiger partial charge in [-0.1, -0.05) is 6.92 Å². The zero-order chi connectivity index (χ0) is 30.3. The van der Waals surface area contributed by atoms with E-state index in [9.17, 15) is 4.79 Å². The van der Waals surface area contributed by atoms with Gasteiger partial charge in [0.2, 0.25) is 0 Å². The van der Waals surface area contributed by atoms with Crippen molar-refractivity contribution in [1.82, 2.24) is 29.0 Å². The maximum atomic E-state index is 13.8. The smallest absolute Gasteiger partial charge is 0.254 e. The summed E-state index contributed by atoms with van der Waals surface area (Å²) in [5, 5.41) is 4.58. The monoisotopic (exact) mass is 589 g/mol. The molecule has 9 heteroatoms. The van der Waals surface area contributed by atoms with Crippen LogP contribution in [0.1, 0.15) is 54.2 Å². The Hall–Kier alpha value is -4.40. The number of nitrogens with zero attached hydrogens (tertiary/aromatic N) is 6. The summed E-state index contributed by atoms with van der Waals surface area (Å²) < 4.78 is 10.3. The van der Waals surface area contributed by atoms with E-state index in [1.54, 1.807) is 7.11 Å². The number of pyridine rings is 2. The molecule has 44 heavy (non-hydrogen) atoms. The number of fused-ring (bicyclic) bond motifs is 4. The molecule has 5 heterocycles. The number of nitrogens with one attached hydrogen (secondary N) is 1. The molecule has 4 aromatic heterocycles. The van der Waals surface area contributed by atoms with Crippen molar-refractivity contribution in [2.75, 3.05) is 19.0 Å². The Kier molecular flexibility index (Phi) is 6.22. The van der Waals surface area contributed by atoms with Gasteiger partial charge in [-0.25, -0.2) is 9.97 Å². The third-order valence-electron chi connectivity index (χ3n) is 10.3. The van der Waals surface area contributed by atoms with Crippen LogP contribution in [-0.4, -0.2) is 54.6 Å². The zero-order valence-electron chi connectivity index (χ0n) is 26.1. The molecule has 0 radical (unpaired) electrons. The molecule has 3 unspecified atom stereocenters. The third kappa shape index (κ3) is 4.35. The van der Waals surface area contributed by atoms with Crippen LogP contribution >= 0.6 is 0 Å². The number of amides is 1. The van der Waals surface area contributed by atoms with Crippen LogP contribution in [0.3, 0.4) is 0 Å². The number of aromatic nitrogens is 5. The first kappa shape index (κ1) is 27.2. The van der Waals surface area contributed by atoms with E-state index in [2.05, 4.69) is 56.4 Å². The van der Waals surface area contributed by atoms with Crippen LogP contribution in [0.15, 0.2) is 42.6 Å². The first-order chi connectivity index (χ1) is 21.3. The lowest BCUT2D eigenvalue weighted by Gasteiger charge is -2.27. The second kappa shape index (κ2) is 10.1. The summed E-state index contributed by atoms with van der Waals surface area (Å²) in [4.78, 5) is 30.5. The van der Waals surface area contributed by atoms with Gasteiger partial charge in [0, 0.05) is 54.7 Å². The summed E-state index contributed by atoms with van der Waals surface area (Å²) in [5.74, 6) is 4.22. The summed E-state index contributed by atoms with van der Waals surface area (Å²) in [6.07, 6.45) is 6.67. The van der Waals surface area contributed by atoms with E-state index in [-0.39, 0.29) is 5.91 Å². The second-order valence-electron chi connectivity index (χ2n) is 13.2. The molecular weight excluding hydrogens is 550 g/mol. The lowest BCUT2D eigenvalue weighted by molar-refractivity contribution is 0.0696. The standard InChI is InChI=1S/C35H39N7O2/c1-19-16-36-20(2)12-26(19)37-31-11-9-23-14-29(41(33(23)39-31)17-22-6-7-22)34-38-27-13-25(15-30(44-5)32(27)40(34)4)35(43)42-18-24-8-10-28(42)21(24)3/h9,11-16,21-22,24,28H,6-8,10,17-18H2,1-5H3,(H,36,37,39). The normalized spacial score (nSPS) is 21.1. The lowest BCUT2D eigenvalue weighted by Crippen LogP contribution is -2.38.